The molecule has 94 valence electrons. The van der Waals surface area contributed by atoms with E-state index in [-0.39, 0.29) is 11.8 Å². The predicted octanol–water partition coefficient (Wildman–Crippen LogP) is 0.0984. The lowest BCUT2D eigenvalue weighted by atomic mass is 9.96. The highest BCUT2D eigenvalue weighted by molar-refractivity contribution is 5.86. The van der Waals surface area contributed by atoms with Crippen molar-refractivity contribution in [3.05, 3.63) is 0 Å². The van der Waals surface area contributed by atoms with Crippen molar-refractivity contribution in [3.63, 3.8) is 0 Å². The number of hydrogen-bond donors (Lipinski definition) is 2. The van der Waals surface area contributed by atoms with Crippen LogP contribution in [-0.4, -0.2) is 42.9 Å². The van der Waals surface area contributed by atoms with Crippen LogP contribution in [0.1, 0.15) is 33.1 Å². The second kappa shape index (κ2) is 6.48. The van der Waals surface area contributed by atoms with Crippen molar-refractivity contribution in [3.8, 4) is 0 Å². The number of carbonyl (C=O) groups excluding carboxylic acids is 2. The molecule has 0 bridgehead atoms. The number of carbonyl (C=O) groups is 2. The van der Waals surface area contributed by atoms with Gasteiger partial charge in [0.1, 0.15) is 0 Å². The summed E-state index contributed by atoms with van der Waals surface area (Å²) in [6.07, 6.45) is 1.80. The lowest BCUT2D eigenvalue weighted by molar-refractivity contribution is -0.129. The van der Waals surface area contributed by atoms with Crippen molar-refractivity contribution < 1.29 is 9.59 Å². The largest absolute Gasteiger partial charge is 0.354 e. The van der Waals surface area contributed by atoms with E-state index >= 15 is 0 Å². The van der Waals surface area contributed by atoms with Gasteiger partial charge in [-0.1, -0.05) is 13.3 Å². The molecule has 3 N–H and O–H groups in total. The Bertz CT molecular complexity index is 250. The summed E-state index contributed by atoms with van der Waals surface area (Å²) >= 11 is 0. The Kier molecular flexibility index (Phi) is 6.03. The van der Waals surface area contributed by atoms with E-state index in [0.29, 0.717) is 19.4 Å². The molecule has 0 saturated carbocycles. The smallest absolute Gasteiger partial charge is 0.239 e. The maximum atomic E-state index is 11.6. The van der Waals surface area contributed by atoms with Crippen molar-refractivity contribution in [2.45, 2.75) is 38.6 Å². The van der Waals surface area contributed by atoms with Crippen LogP contribution >= 0.6 is 0 Å². The summed E-state index contributed by atoms with van der Waals surface area (Å²) in [6.45, 7) is 4.03. The van der Waals surface area contributed by atoms with E-state index in [4.69, 9.17) is 5.73 Å². The van der Waals surface area contributed by atoms with E-state index in [1.54, 1.807) is 21.0 Å². The van der Waals surface area contributed by atoms with E-state index in [2.05, 4.69) is 5.32 Å². The first-order chi connectivity index (χ1) is 7.31. The lowest BCUT2D eigenvalue weighted by Gasteiger charge is -2.22. The minimum atomic E-state index is -0.837. The van der Waals surface area contributed by atoms with Gasteiger partial charge in [0.25, 0.3) is 0 Å². The third-order valence-corrected chi connectivity index (χ3v) is 2.41. The molecule has 0 aliphatic carbocycles. The van der Waals surface area contributed by atoms with Crippen LogP contribution in [0.5, 0.6) is 0 Å². The van der Waals surface area contributed by atoms with Crippen LogP contribution in [0.15, 0.2) is 0 Å². The summed E-state index contributed by atoms with van der Waals surface area (Å²) in [5.41, 5.74) is 5.00. The topological polar surface area (TPSA) is 75.4 Å². The zero-order valence-corrected chi connectivity index (χ0v) is 10.7. The van der Waals surface area contributed by atoms with Crippen LogP contribution in [0.25, 0.3) is 0 Å². The monoisotopic (exact) mass is 229 g/mol. The fraction of sp³-hybridized carbons (Fsp3) is 0.818. The fourth-order valence-electron chi connectivity index (χ4n) is 1.34. The molecule has 0 spiro atoms. The Morgan fingerprint density at radius 3 is 2.38 bits per heavy atom. The van der Waals surface area contributed by atoms with Crippen LogP contribution in [0, 0.1) is 0 Å². The molecule has 1 unspecified atom stereocenters. The van der Waals surface area contributed by atoms with Crippen molar-refractivity contribution in [1.29, 1.82) is 0 Å². The van der Waals surface area contributed by atoms with Crippen molar-refractivity contribution in [2.24, 2.45) is 5.73 Å². The Hall–Kier alpha value is -1.10. The maximum Gasteiger partial charge on any atom is 0.239 e. The number of nitrogens with two attached hydrogens (primary N) is 1. The minimum Gasteiger partial charge on any atom is -0.354 e. The molecule has 0 aromatic rings. The normalized spacial score (nSPS) is 14.1. The molecule has 2 amide bonds. The van der Waals surface area contributed by atoms with Crippen LogP contribution in [0.4, 0.5) is 0 Å². The number of amides is 2. The molecule has 0 aliphatic heterocycles. The van der Waals surface area contributed by atoms with Crippen LogP contribution < -0.4 is 11.1 Å². The van der Waals surface area contributed by atoms with Crippen molar-refractivity contribution in [2.75, 3.05) is 20.6 Å². The fourth-order valence-corrected chi connectivity index (χ4v) is 1.34. The van der Waals surface area contributed by atoms with Gasteiger partial charge in [-0.2, -0.15) is 0 Å². The predicted molar refractivity (Wildman–Crippen MR) is 63.8 cm³/mol. The summed E-state index contributed by atoms with van der Waals surface area (Å²) in [5, 5.41) is 2.68. The second-order valence-electron chi connectivity index (χ2n) is 4.46. The molecule has 5 heteroatoms. The van der Waals surface area contributed by atoms with Gasteiger partial charge in [-0.25, -0.2) is 0 Å². The zero-order valence-electron chi connectivity index (χ0n) is 10.7. The molecular formula is C11H23N3O2. The van der Waals surface area contributed by atoms with E-state index < -0.39 is 5.54 Å². The Morgan fingerprint density at radius 2 is 1.94 bits per heavy atom. The van der Waals surface area contributed by atoms with Gasteiger partial charge in [-0.3, -0.25) is 9.59 Å². The molecule has 0 heterocycles. The third kappa shape index (κ3) is 5.11. The molecule has 0 saturated heterocycles. The van der Waals surface area contributed by atoms with Gasteiger partial charge in [-0.05, 0) is 13.3 Å². The number of nitrogens with one attached hydrogen (secondary N) is 1. The summed E-state index contributed by atoms with van der Waals surface area (Å²) < 4.78 is 0. The van der Waals surface area contributed by atoms with Gasteiger partial charge in [-0.15, -0.1) is 0 Å². The van der Waals surface area contributed by atoms with Crippen LogP contribution in [0.2, 0.25) is 0 Å². The lowest BCUT2D eigenvalue weighted by Crippen LogP contribution is -2.52. The molecular weight excluding hydrogens is 206 g/mol. The highest BCUT2D eigenvalue weighted by Crippen LogP contribution is 2.08. The molecule has 1 atom stereocenters. The number of rotatable bonds is 6. The van der Waals surface area contributed by atoms with E-state index in [1.165, 1.54) is 4.90 Å². The quantitative estimate of drug-likeness (QED) is 0.678. The van der Waals surface area contributed by atoms with Crippen molar-refractivity contribution >= 4 is 11.8 Å². The van der Waals surface area contributed by atoms with E-state index in [0.717, 1.165) is 6.42 Å². The second-order valence-corrected chi connectivity index (χ2v) is 4.46. The summed E-state index contributed by atoms with van der Waals surface area (Å²) in [7, 11) is 3.38. The first-order valence-corrected chi connectivity index (χ1v) is 5.58. The van der Waals surface area contributed by atoms with Crippen LogP contribution in [0.3, 0.4) is 0 Å². The average Bonchev–Trinajstić information content (AvgIpc) is 2.16. The minimum absolute atomic E-state index is 0.00508. The summed E-state index contributed by atoms with van der Waals surface area (Å²) in [5.74, 6) is -0.199. The number of nitrogens with zero attached hydrogens (tertiary/aromatic N) is 1. The van der Waals surface area contributed by atoms with Gasteiger partial charge in [0, 0.05) is 27.1 Å². The maximum absolute atomic E-state index is 11.6. The third-order valence-electron chi connectivity index (χ3n) is 2.41. The highest BCUT2D eigenvalue weighted by atomic mass is 16.2. The average molecular weight is 229 g/mol. The van der Waals surface area contributed by atoms with Gasteiger partial charge < -0.3 is 16.0 Å². The van der Waals surface area contributed by atoms with Gasteiger partial charge in [0.2, 0.25) is 11.8 Å². The molecule has 0 fully saturated rings. The Labute approximate surface area is 97.4 Å². The number of hydrogen-bond acceptors (Lipinski definition) is 3. The van der Waals surface area contributed by atoms with Crippen molar-refractivity contribution in [1.82, 2.24) is 10.2 Å². The molecule has 5 nitrogen and oxygen atoms in total. The first-order valence-electron chi connectivity index (χ1n) is 5.58. The SMILES string of the molecule is CCCC(C)(N)C(=O)NCCC(=O)N(C)C. The molecule has 0 rings (SSSR count). The highest BCUT2D eigenvalue weighted by Gasteiger charge is 2.26. The Balaban J connectivity index is 3.94. The molecule has 16 heavy (non-hydrogen) atoms. The summed E-state index contributed by atoms with van der Waals surface area (Å²) in [4.78, 5) is 24.4. The Morgan fingerprint density at radius 1 is 1.38 bits per heavy atom. The first kappa shape index (κ1) is 14.9. The molecule has 0 radical (unpaired) electrons. The standard InChI is InChI=1S/C11H23N3O2/c1-5-7-11(2,12)10(16)13-8-6-9(15)14(3)4/h5-8,12H2,1-4H3,(H,13,16). The van der Waals surface area contributed by atoms with Gasteiger partial charge in [0.05, 0.1) is 5.54 Å². The van der Waals surface area contributed by atoms with Gasteiger partial charge >= 0.3 is 0 Å². The van der Waals surface area contributed by atoms with Gasteiger partial charge in [0.15, 0.2) is 0 Å². The zero-order chi connectivity index (χ0) is 12.8. The molecule has 0 aromatic heterocycles. The molecule has 0 aliphatic rings. The summed E-state index contributed by atoms with van der Waals surface area (Å²) in [6, 6.07) is 0. The van der Waals surface area contributed by atoms with E-state index in [9.17, 15) is 9.59 Å². The molecule has 0 aromatic carbocycles. The van der Waals surface area contributed by atoms with E-state index in [1.807, 2.05) is 6.92 Å². The van der Waals surface area contributed by atoms with Crippen LogP contribution in [-0.2, 0) is 9.59 Å².